The largest absolute Gasteiger partial charge is 0.389 e. The molecule has 1 unspecified atom stereocenters. The summed E-state index contributed by atoms with van der Waals surface area (Å²) in [7, 11) is -3.13. The Morgan fingerprint density at radius 1 is 1.55 bits per heavy atom. The Kier molecular flexibility index (Phi) is 4.93. The Bertz CT molecular complexity index is 543. The first-order valence-corrected chi connectivity index (χ1v) is 9.52. The minimum atomic E-state index is -3.13. The van der Waals surface area contributed by atoms with E-state index in [4.69, 9.17) is 0 Å². The maximum absolute atomic E-state index is 12.2. The molecule has 0 amide bonds. The summed E-state index contributed by atoms with van der Waals surface area (Å²) in [4.78, 5) is 6.18. The van der Waals surface area contributed by atoms with Crippen LogP contribution in [-0.4, -0.2) is 47.7 Å². The molecule has 0 spiro atoms. The molecule has 0 aliphatic carbocycles. The molecular weight excluding hydrogens is 296 g/mol. The van der Waals surface area contributed by atoms with Gasteiger partial charge in [0.25, 0.3) is 0 Å². The zero-order valence-electron chi connectivity index (χ0n) is 11.7. The van der Waals surface area contributed by atoms with Crippen LogP contribution >= 0.6 is 11.8 Å². The number of rotatable bonds is 4. The minimum absolute atomic E-state index is 0.139. The van der Waals surface area contributed by atoms with Crippen LogP contribution in [0.2, 0.25) is 0 Å². The molecule has 0 bridgehead atoms. The molecule has 0 aromatic carbocycles. The smallest absolute Gasteiger partial charge is 0.171 e. The van der Waals surface area contributed by atoms with Crippen molar-refractivity contribution in [1.29, 1.82) is 0 Å². The van der Waals surface area contributed by atoms with E-state index >= 15 is 0 Å². The monoisotopic (exact) mass is 316 g/mol. The van der Waals surface area contributed by atoms with Crippen LogP contribution in [0.4, 0.5) is 5.82 Å². The predicted molar refractivity (Wildman–Crippen MR) is 82.8 cm³/mol. The van der Waals surface area contributed by atoms with E-state index in [1.165, 1.54) is 0 Å². The van der Waals surface area contributed by atoms with Crippen molar-refractivity contribution in [3.05, 3.63) is 23.9 Å². The van der Waals surface area contributed by atoms with Crippen LogP contribution in [0.5, 0.6) is 0 Å². The number of anilines is 1. The first-order valence-electron chi connectivity index (χ1n) is 6.65. The van der Waals surface area contributed by atoms with E-state index in [1.54, 1.807) is 43.9 Å². The minimum Gasteiger partial charge on any atom is -0.389 e. The van der Waals surface area contributed by atoms with Gasteiger partial charge in [-0.3, -0.25) is 0 Å². The van der Waals surface area contributed by atoms with Crippen molar-refractivity contribution in [2.45, 2.75) is 25.3 Å². The first-order chi connectivity index (χ1) is 9.45. The number of aliphatic hydroxyl groups is 1. The second kappa shape index (κ2) is 6.32. The maximum Gasteiger partial charge on any atom is 0.171 e. The molecule has 2 atom stereocenters. The fourth-order valence-corrected chi connectivity index (χ4v) is 5.13. The van der Waals surface area contributed by atoms with Crippen LogP contribution in [0.25, 0.3) is 0 Å². The summed E-state index contributed by atoms with van der Waals surface area (Å²) in [6.45, 7) is 4.03. The molecule has 1 saturated heterocycles. The van der Waals surface area contributed by atoms with Crippen LogP contribution in [-0.2, 0) is 9.84 Å². The topological polar surface area (TPSA) is 70.5 Å². The van der Waals surface area contributed by atoms with Crippen LogP contribution in [0.15, 0.2) is 18.3 Å². The van der Waals surface area contributed by atoms with Gasteiger partial charge < -0.3 is 10.0 Å². The molecule has 1 aliphatic rings. The number of aromatic nitrogens is 1. The molecule has 1 aliphatic heterocycles. The van der Waals surface area contributed by atoms with Gasteiger partial charge in [-0.2, -0.15) is 11.8 Å². The number of hydrogen-bond donors (Lipinski definition) is 1. The van der Waals surface area contributed by atoms with Gasteiger partial charge in [0.15, 0.2) is 9.84 Å². The SMILES string of the molecule is CCS(=O)(=O)C1CSCCN1c1ccc([C@@H](C)O)cn1. The molecule has 20 heavy (non-hydrogen) atoms. The predicted octanol–water partition coefficient (Wildman–Crippen LogP) is 1.45. The lowest BCUT2D eigenvalue weighted by Gasteiger charge is -2.35. The van der Waals surface area contributed by atoms with Gasteiger partial charge in [0, 0.05) is 30.0 Å². The molecule has 1 fully saturated rings. The summed E-state index contributed by atoms with van der Waals surface area (Å²) < 4.78 is 24.4. The Hall–Kier alpha value is -0.790. The highest BCUT2D eigenvalue weighted by Gasteiger charge is 2.33. The molecule has 5 nitrogen and oxygen atoms in total. The molecule has 0 radical (unpaired) electrons. The summed E-state index contributed by atoms with van der Waals surface area (Å²) in [5.41, 5.74) is 0.732. The zero-order chi connectivity index (χ0) is 14.8. The molecule has 112 valence electrons. The summed E-state index contributed by atoms with van der Waals surface area (Å²) in [5.74, 6) is 2.28. The number of pyridine rings is 1. The third-order valence-corrected chi connectivity index (χ3v) is 6.74. The average molecular weight is 316 g/mol. The van der Waals surface area contributed by atoms with Crippen LogP contribution in [0.1, 0.15) is 25.5 Å². The van der Waals surface area contributed by atoms with E-state index in [2.05, 4.69) is 4.98 Å². The lowest BCUT2D eigenvalue weighted by molar-refractivity contribution is 0.199. The van der Waals surface area contributed by atoms with E-state index < -0.39 is 21.3 Å². The van der Waals surface area contributed by atoms with Gasteiger partial charge >= 0.3 is 0 Å². The van der Waals surface area contributed by atoms with E-state index in [9.17, 15) is 13.5 Å². The molecule has 2 heterocycles. The summed E-state index contributed by atoms with van der Waals surface area (Å²) >= 11 is 1.66. The second-order valence-corrected chi connectivity index (χ2v) is 8.40. The maximum atomic E-state index is 12.2. The van der Waals surface area contributed by atoms with Gasteiger partial charge in [0.2, 0.25) is 0 Å². The van der Waals surface area contributed by atoms with Gasteiger partial charge in [-0.1, -0.05) is 13.0 Å². The molecule has 2 rings (SSSR count). The lowest BCUT2D eigenvalue weighted by atomic mass is 10.2. The van der Waals surface area contributed by atoms with Crippen LogP contribution < -0.4 is 4.90 Å². The van der Waals surface area contributed by atoms with E-state index in [1.807, 2.05) is 4.90 Å². The second-order valence-electron chi connectivity index (χ2n) is 4.80. The molecule has 1 aromatic rings. The standard InChI is InChI=1S/C13H20N2O3S2/c1-3-20(17,18)13-9-19-7-6-15(13)12-5-4-11(8-14-12)10(2)16/h4-5,8,10,13,16H,3,6-7,9H2,1-2H3/t10-,13?/m1/s1. The first kappa shape index (κ1) is 15.6. The van der Waals surface area contributed by atoms with Gasteiger partial charge in [0.05, 0.1) is 6.10 Å². The van der Waals surface area contributed by atoms with Crippen molar-refractivity contribution in [3.63, 3.8) is 0 Å². The fraction of sp³-hybridized carbons (Fsp3) is 0.615. The molecule has 7 heteroatoms. The molecule has 0 saturated carbocycles. The summed E-state index contributed by atoms with van der Waals surface area (Å²) in [6, 6.07) is 3.58. The van der Waals surface area contributed by atoms with Gasteiger partial charge in [-0.25, -0.2) is 13.4 Å². The molecule has 1 aromatic heterocycles. The molecule has 1 N–H and O–H groups in total. The molecular formula is C13H20N2O3S2. The lowest BCUT2D eigenvalue weighted by Crippen LogP contribution is -2.48. The third-order valence-electron chi connectivity index (χ3n) is 3.45. The number of nitrogens with zero attached hydrogens (tertiary/aromatic N) is 2. The summed E-state index contributed by atoms with van der Waals surface area (Å²) in [6.07, 6.45) is 1.04. The van der Waals surface area contributed by atoms with Crippen molar-refractivity contribution in [3.8, 4) is 0 Å². The van der Waals surface area contributed by atoms with Crippen LogP contribution in [0, 0.1) is 0 Å². The Morgan fingerprint density at radius 3 is 2.85 bits per heavy atom. The van der Waals surface area contributed by atoms with E-state index in [0.29, 0.717) is 18.1 Å². The van der Waals surface area contributed by atoms with Crippen LogP contribution in [0.3, 0.4) is 0 Å². The average Bonchev–Trinajstić information content (AvgIpc) is 2.47. The highest BCUT2D eigenvalue weighted by atomic mass is 32.2. The zero-order valence-corrected chi connectivity index (χ0v) is 13.3. The van der Waals surface area contributed by atoms with Gasteiger partial charge in [-0.15, -0.1) is 0 Å². The highest BCUT2D eigenvalue weighted by Crippen LogP contribution is 2.26. The van der Waals surface area contributed by atoms with Crippen molar-refractivity contribution < 1.29 is 13.5 Å². The number of sulfone groups is 1. The third kappa shape index (κ3) is 3.27. The fourth-order valence-electron chi connectivity index (χ4n) is 2.15. The Balaban J connectivity index is 2.28. The van der Waals surface area contributed by atoms with E-state index in [0.717, 1.165) is 11.3 Å². The Labute approximate surface area is 124 Å². The van der Waals surface area contributed by atoms with Crippen molar-refractivity contribution >= 4 is 27.4 Å². The number of thioether (sulfide) groups is 1. The van der Waals surface area contributed by atoms with Crippen molar-refractivity contribution in [1.82, 2.24) is 4.98 Å². The highest BCUT2D eigenvalue weighted by molar-refractivity contribution is 8.01. The Morgan fingerprint density at radius 2 is 2.30 bits per heavy atom. The van der Waals surface area contributed by atoms with Gasteiger partial charge in [0.1, 0.15) is 11.2 Å². The quantitative estimate of drug-likeness (QED) is 0.906. The van der Waals surface area contributed by atoms with Crippen molar-refractivity contribution in [2.75, 3.05) is 28.7 Å². The summed E-state index contributed by atoms with van der Waals surface area (Å²) in [5, 5.41) is 8.99. The normalized spacial score (nSPS) is 21.8. The van der Waals surface area contributed by atoms with Crippen molar-refractivity contribution in [2.24, 2.45) is 0 Å². The van der Waals surface area contributed by atoms with Gasteiger partial charge in [-0.05, 0) is 18.6 Å². The number of hydrogen-bond acceptors (Lipinski definition) is 6. The number of aliphatic hydroxyl groups excluding tert-OH is 1. The van der Waals surface area contributed by atoms with E-state index in [-0.39, 0.29) is 5.75 Å².